The monoisotopic (exact) mass is 713 g/mol. The number of aromatic nitrogens is 3. The molecule has 11 aromatic rings. The quantitative estimate of drug-likeness (QED) is 0.171. The zero-order valence-corrected chi connectivity index (χ0v) is 31.1. The van der Waals surface area contributed by atoms with E-state index in [1.165, 1.54) is 60.1 Å². The number of nitrogens with zero attached hydrogens (tertiary/aromatic N) is 3. The summed E-state index contributed by atoms with van der Waals surface area (Å²) in [5.41, 5.74) is 12.8. The predicted molar refractivity (Wildman–Crippen MR) is 235 cm³/mol. The molecular formula is C53H35N3. The number of benzene rings is 9. The van der Waals surface area contributed by atoms with Gasteiger partial charge in [0.2, 0.25) is 5.95 Å². The van der Waals surface area contributed by atoms with Gasteiger partial charge in [-0.3, -0.25) is 4.57 Å². The van der Waals surface area contributed by atoms with E-state index >= 15 is 0 Å². The van der Waals surface area contributed by atoms with Crippen LogP contribution >= 0.6 is 0 Å². The van der Waals surface area contributed by atoms with E-state index in [-0.39, 0.29) is 5.41 Å². The van der Waals surface area contributed by atoms with E-state index < -0.39 is 0 Å². The Morgan fingerprint density at radius 1 is 0.446 bits per heavy atom. The van der Waals surface area contributed by atoms with Crippen molar-refractivity contribution in [2.75, 3.05) is 0 Å². The number of hydrogen-bond acceptors (Lipinski definition) is 2. The van der Waals surface area contributed by atoms with E-state index in [9.17, 15) is 0 Å². The lowest BCUT2D eigenvalue weighted by atomic mass is 9.82. The maximum Gasteiger partial charge on any atom is 0.235 e. The average Bonchev–Trinajstić information content (AvgIpc) is 3.72. The summed E-state index contributed by atoms with van der Waals surface area (Å²) in [6, 6.07) is 64.0. The maximum absolute atomic E-state index is 5.54. The first-order valence-electron chi connectivity index (χ1n) is 19.4. The largest absolute Gasteiger partial charge is 0.277 e. The summed E-state index contributed by atoms with van der Waals surface area (Å²) in [6.07, 6.45) is 0. The Kier molecular flexibility index (Phi) is 6.40. The molecule has 1 aliphatic rings. The van der Waals surface area contributed by atoms with Crippen molar-refractivity contribution in [3.63, 3.8) is 0 Å². The lowest BCUT2D eigenvalue weighted by Crippen LogP contribution is -2.14. The van der Waals surface area contributed by atoms with Crippen molar-refractivity contribution in [1.29, 1.82) is 0 Å². The standard InChI is InChI=1S/C53H35N3/c1-53(2)44-28-25-36(31-43(44)47-37-18-9-6-13-32(37)24-29-45(47)53)40-21-12-22-41-48-38-19-10-7-14-33(38)26-30-46(48)56(51(40)41)52-54-49(35-16-4-3-5-17-35)42-27-23-34-15-8-11-20-39(34)50(42)55-52/h3-31H,1-2H3. The minimum atomic E-state index is -0.109. The summed E-state index contributed by atoms with van der Waals surface area (Å²) in [4.78, 5) is 11.1. The van der Waals surface area contributed by atoms with Crippen LogP contribution in [-0.4, -0.2) is 14.5 Å². The molecule has 0 saturated carbocycles. The summed E-state index contributed by atoms with van der Waals surface area (Å²) in [7, 11) is 0. The number of fused-ring (bicyclic) bond motifs is 13. The molecule has 0 unspecified atom stereocenters. The van der Waals surface area contributed by atoms with Gasteiger partial charge in [-0.2, -0.15) is 0 Å². The molecule has 3 nitrogen and oxygen atoms in total. The van der Waals surface area contributed by atoms with Crippen molar-refractivity contribution < 1.29 is 0 Å². The molecule has 12 rings (SSSR count). The first-order chi connectivity index (χ1) is 27.5. The molecule has 0 bridgehead atoms. The minimum Gasteiger partial charge on any atom is -0.277 e. The highest BCUT2D eigenvalue weighted by Crippen LogP contribution is 2.53. The molecule has 3 heteroatoms. The molecule has 0 N–H and O–H groups in total. The van der Waals surface area contributed by atoms with Crippen molar-refractivity contribution in [2.24, 2.45) is 0 Å². The zero-order chi connectivity index (χ0) is 37.1. The van der Waals surface area contributed by atoms with Gasteiger partial charge in [0.05, 0.1) is 22.2 Å². The topological polar surface area (TPSA) is 30.7 Å². The van der Waals surface area contributed by atoms with E-state index in [4.69, 9.17) is 9.97 Å². The van der Waals surface area contributed by atoms with Gasteiger partial charge < -0.3 is 0 Å². The third-order valence-corrected chi connectivity index (χ3v) is 12.4. The first-order valence-corrected chi connectivity index (χ1v) is 19.4. The fourth-order valence-electron chi connectivity index (χ4n) is 9.74. The Balaban J connectivity index is 1.22. The highest BCUT2D eigenvalue weighted by molar-refractivity contribution is 6.23. The molecule has 0 spiro atoms. The average molecular weight is 714 g/mol. The first kappa shape index (κ1) is 31.3. The zero-order valence-electron chi connectivity index (χ0n) is 31.1. The van der Waals surface area contributed by atoms with Crippen LogP contribution in [0.3, 0.4) is 0 Å². The Hall–Kier alpha value is -7.10. The maximum atomic E-state index is 5.54. The van der Waals surface area contributed by atoms with E-state index in [0.29, 0.717) is 5.95 Å². The van der Waals surface area contributed by atoms with Crippen LogP contribution < -0.4 is 0 Å². The Labute approximate surface area is 324 Å². The van der Waals surface area contributed by atoms with E-state index in [2.05, 4.69) is 194 Å². The van der Waals surface area contributed by atoms with Gasteiger partial charge in [0.25, 0.3) is 0 Å². The van der Waals surface area contributed by atoms with E-state index in [1.54, 1.807) is 0 Å². The molecule has 0 saturated heterocycles. The highest BCUT2D eigenvalue weighted by atomic mass is 15.2. The molecule has 0 aliphatic heterocycles. The number of hydrogen-bond donors (Lipinski definition) is 0. The Morgan fingerprint density at radius 3 is 1.91 bits per heavy atom. The minimum absolute atomic E-state index is 0.109. The molecule has 1 aliphatic carbocycles. The normalized spacial score (nSPS) is 13.3. The van der Waals surface area contributed by atoms with Gasteiger partial charge in [-0.15, -0.1) is 0 Å². The van der Waals surface area contributed by atoms with Gasteiger partial charge in [-0.25, -0.2) is 9.97 Å². The van der Waals surface area contributed by atoms with Crippen molar-refractivity contribution in [2.45, 2.75) is 19.3 Å². The third-order valence-electron chi connectivity index (χ3n) is 12.4. The molecule has 0 fully saturated rings. The van der Waals surface area contributed by atoms with Crippen LogP contribution in [-0.2, 0) is 5.41 Å². The fraction of sp³-hybridized carbons (Fsp3) is 0.0566. The van der Waals surface area contributed by atoms with Crippen LogP contribution in [0.1, 0.15) is 25.0 Å². The second-order valence-corrected chi connectivity index (χ2v) is 15.7. The smallest absolute Gasteiger partial charge is 0.235 e. The molecule has 0 amide bonds. The molecule has 56 heavy (non-hydrogen) atoms. The van der Waals surface area contributed by atoms with Crippen molar-refractivity contribution in [3.8, 4) is 39.5 Å². The number of para-hydroxylation sites is 1. The van der Waals surface area contributed by atoms with Crippen LogP contribution in [0, 0.1) is 0 Å². The van der Waals surface area contributed by atoms with Gasteiger partial charge in [0.15, 0.2) is 0 Å². The second kappa shape index (κ2) is 11.5. The second-order valence-electron chi connectivity index (χ2n) is 15.7. The molecule has 9 aromatic carbocycles. The molecular weight excluding hydrogens is 679 g/mol. The van der Waals surface area contributed by atoms with E-state index in [0.717, 1.165) is 49.5 Å². The summed E-state index contributed by atoms with van der Waals surface area (Å²) in [6.45, 7) is 4.72. The van der Waals surface area contributed by atoms with Crippen molar-refractivity contribution in [3.05, 3.63) is 187 Å². The summed E-state index contributed by atoms with van der Waals surface area (Å²) in [5, 5.41) is 10.7. The van der Waals surface area contributed by atoms with Gasteiger partial charge >= 0.3 is 0 Å². The third kappa shape index (κ3) is 4.28. The number of rotatable bonds is 3. The molecule has 2 heterocycles. The van der Waals surface area contributed by atoms with Crippen molar-refractivity contribution in [1.82, 2.24) is 14.5 Å². The SMILES string of the molecule is CC1(C)c2ccc(-c3cccc4c5c6ccccc6ccc5n(-c5nc(-c6ccccc6)c6ccc7ccccc7c6n5)c34)cc2-c2c1ccc1ccccc21. The summed E-state index contributed by atoms with van der Waals surface area (Å²) in [5.74, 6) is 0.661. The predicted octanol–water partition coefficient (Wildman–Crippen LogP) is 13.8. The Morgan fingerprint density at radius 2 is 1.09 bits per heavy atom. The van der Waals surface area contributed by atoms with Crippen LogP contribution in [0.15, 0.2) is 176 Å². The Bertz CT molecular complexity index is 3440. The fourth-order valence-corrected chi connectivity index (χ4v) is 9.74. The summed E-state index contributed by atoms with van der Waals surface area (Å²) < 4.78 is 2.33. The van der Waals surface area contributed by atoms with Crippen molar-refractivity contribution >= 4 is 65.0 Å². The van der Waals surface area contributed by atoms with Gasteiger partial charge in [-0.1, -0.05) is 172 Å². The van der Waals surface area contributed by atoms with Gasteiger partial charge in [-0.05, 0) is 72.9 Å². The summed E-state index contributed by atoms with van der Waals surface area (Å²) >= 11 is 0. The molecule has 262 valence electrons. The lowest BCUT2D eigenvalue weighted by molar-refractivity contribution is 0.661. The van der Waals surface area contributed by atoms with Gasteiger partial charge in [0.1, 0.15) is 0 Å². The van der Waals surface area contributed by atoms with E-state index in [1.807, 2.05) is 0 Å². The lowest BCUT2D eigenvalue weighted by Gasteiger charge is -2.21. The van der Waals surface area contributed by atoms with Crippen LogP contribution in [0.25, 0.3) is 104 Å². The molecule has 0 atom stereocenters. The van der Waals surface area contributed by atoms with Crippen LogP contribution in [0.2, 0.25) is 0 Å². The molecule has 2 aromatic heterocycles. The highest BCUT2D eigenvalue weighted by Gasteiger charge is 2.36. The van der Waals surface area contributed by atoms with Crippen LogP contribution in [0.4, 0.5) is 0 Å². The van der Waals surface area contributed by atoms with Crippen LogP contribution in [0.5, 0.6) is 0 Å². The molecule has 0 radical (unpaired) electrons. The van der Waals surface area contributed by atoms with Gasteiger partial charge in [0, 0.05) is 38.1 Å².